The van der Waals surface area contributed by atoms with E-state index in [9.17, 15) is 9.18 Å². The van der Waals surface area contributed by atoms with Gasteiger partial charge in [0.2, 0.25) is 0 Å². The molecule has 0 N–H and O–H groups in total. The number of piperazine rings is 1. The van der Waals surface area contributed by atoms with Gasteiger partial charge in [0.25, 0.3) is 5.89 Å². The number of oxazole rings is 1. The highest BCUT2D eigenvalue weighted by Gasteiger charge is 2.24. The summed E-state index contributed by atoms with van der Waals surface area (Å²) in [6, 6.07) is 4.05. The van der Waals surface area contributed by atoms with Gasteiger partial charge >= 0.3 is 5.91 Å². The van der Waals surface area contributed by atoms with Crippen LogP contribution in [-0.2, 0) is 0 Å². The Hall–Kier alpha value is -1.95. The number of carbonyl (C=O) groups excluding carboxylic acids is 1. The maximum absolute atomic E-state index is 13.1. The summed E-state index contributed by atoms with van der Waals surface area (Å²) in [5.41, 5.74) is 0.802. The molecule has 0 saturated carbocycles. The fourth-order valence-electron chi connectivity index (χ4n) is 2.13. The molecule has 1 aliphatic heterocycles. The van der Waals surface area contributed by atoms with Crippen molar-refractivity contribution in [2.75, 3.05) is 33.2 Å². The van der Waals surface area contributed by atoms with E-state index >= 15 is 0 Å². The highest BCUT2D eigenvalue weighted by Crippen LogP contribution is 2.18. The normalized spacial score (nSPS) is 17.1. The van der Waals surface area contributed by atoms with Crippen LogP contribution in [0.25, 0.3) is 11.1 Å². The van der Waals surface area contributed by atoms with Crippen molar-refractivity contribution in [3.63, 3.8) is 0 Å². The minimum absolute atomic E-state index is 0.0325. The molecular formula is C13H14FN3O2. The first-order chi connectivity index (χ1) is 9.13. The van der Waals surface area contributed by atoms with Gasteiger partial charge < -0.3 is 14.2 Å². The van der Waals surface area contributed by atoms with Crippen LogP contribution in [0.4, 0.5) is 4.39 Å². The first-order valence-corrected chi connectivity index (χ1v) is 6.17. The molecule has 19 heavy (non-hydrogen) atoms. The van der Waals surface area contributed by atoms with Crippen molar-refractivity contribution in [3.8, 4) is 0 Å². The number of hydrogen-bond acceptors (Lipinski definition) is 4. The molecule has 1 aromatic carbocycles. The predicted molar refractivity (Wildman–Crippen MR) is 67.4 cm³/mol. The number of benzene rings is 1. The zero-order valence-corrected chi connectivity index (χ0v) is 10.6. The third kappa shape index (κ3) is 2.31. The van der Waals surface area contributed by atoms with Crippen molar-refractivity contribution in [2.45, 2.75) is 0 Å². The Kier molecular flexibility index (Phi) is 2.94. The van der Waals surface area contributed by atoms with Crippen LogP contribution in [0, 0.1) is 5.82 Å². The number of nitrogens with zero attached hydrogens (tertiary/aromatic N) is 3. The highest BCUT2D eigenvalue weighted by atomic mass is 19.1. The summed E-state index contributed by atoms with van der Waals surface area (Å²) in [6.07, 6.45) is 0. The van der Waals surface area contributed by atoms with Crippen LogP contribution < -0.4 is 0 Å². The Balaban J connectivity index is 1.85. The van der Waals surface area contributed by atoms with Gasteiger partial charge in [-0.2, -0.15) is 0 Å². The molecule has 5 nitrogen and oxygen atoms in total. The van der Waals surface area contributed by atoms with Crippen LogP contribution in [0.15, 0.2) is 22.6 Å². The number of likely N-dealkylation sites (N-methyl/N-ethyl adjacent to an activating group) is 1. The van der Waals surface area contributed by atoms with E-state index in [1.165, 1.54) is 18.2 Å². The zero-order valence-electron chi connectivity index (χ0n) is 10.6. The summed E-state index contributed by atoms with van der Waals surface area (Å²) in [4.78, 5) is 20.2. The molecule has 1 fully saturated rings. The van der Waals surface area contributed by atoms with E-state index in [4.69, 9.17) is 4.42 Å². The average Bonchev–Trinajstić information content (AvgIpc) is 2.81. The average molecular weight is 263 g/mol. The van der Waals surface area contributed by atoms with Gasteiger partial charge in [-0.3, -0.25) is 4.79 Å². The molecule has 0 aliphatic carbocycles. The molecule has 0 spiro atoms. The first kappa shape index (κ1) is 12.1. The van der Waals surface area contributed by atoms with Crippen LogP contribution in [0.3, 0.4) is 0 Å². The maximum Gasteiger partial charge on any atom is 0.309 e. The van der Waals surface area contributed by atoms with E-state index in [0.29, 0.717) is 24.2 Å². The van der Waals surface area contributed by atoms with Crippen molar-refractivity contribution in [1.82, 2.24) is 14.8 Å². The number of halogens is 1. The minimum Gasteiger partial charge on any atom is -0.432 e. The molecule has 3 rings (SSSR count). The second kappa shape index (κ2) is 4.62. The largest absolute Gasteiger partial charge is 0.432 e. The van der Waals surface area contributed by atoms with Crippen molar-refractivity contribution in [2.24, 2.45) is 0 Å². The lowest BCUT2D eigenvalue weighted by Gasteiger charge is -2.31. The van der Waals surface area contributed by atoms with Gasteiger partial charge in [-0.15, -0.1) is 0 Å². The molecule has 1 aliphatic rings. The molecule has 0 unspecified atom stereocenters. The zero-order chi connectivity index (χ0) is 13.4. The Labute approximate surface area is 109 Å². The first-order valence-electron chi connectivity index (χ1n) is 6.17. The Bertz CT molecular complexity index is 617. The Morgan fingerprint density at radius 2 is 2.05 bits per heavy atom. The fourth-order valence-corrected chi connectivity index (χ4v) is 2.13. The van der Waals surface area contributed by atoms with Gasteiger partial charge in [0.1, 0.15) is 11.3 Å². The molecule has 0 radical (unpaired) electrons. The predicted octanol–water partition coefficient (Wildman–Crippen LogP) is 1.35. The van der Waals surface area contributed by atoms with Crippen LogP contribution in [0.2, 0.25) is 0 Å². The minimum atomic E-state index is -0.401. The van der Waals surface area contributed by atoms with Gasteiger partial charge in [0.05, 0.1) is 0 Å². The number of hydrogen-bond donors (Lipinski definition) is 0. The number of carbonyl (C=O) groups is 1. The van der Waals surface area contributed by atoms with Crippen molar-refractivity contribution in [1.29, 1.82) is 0 Å². The molecule has 0 bridgehead atoms. The Morgan fingerprint density at radius 1 is 1.32 bits per heavy atom. The van der Waals surface area contributed by atoms with Crippen molar-refractivity contribution in [3.05, 3.63) is 29.9 Å². The Morgan fingerprint density at radius 3 is 2.79 bits per heavy atom. The van der Waals surface area contributed by atoms with Crippen LogP contribution >= 0.6 is 0 Å². The molecule has 1 amide bonds. The number of amides is 1. The van der Waals surface area contributed by atoms with Crippen LogP contribution in [0.1, 0.15) is 10.7 Å². The van der Waals surface area contributed by atoms with E-state index in [-0.39, 0.29) is 11.8 Å². The second-order valence-corrected chi connectivity index (χ2v) is 4.73. The van der Waals surface area contributed by atoms with Gasteiger partial charge in [0.15, 0.2) is 5.58 Å². The summed E-state index contributed by atoms with van der Waals surface area (Å²) >= 11 is 0. The number of rotatable bonds is 1. The summed E-state index contributed by atoms with van der Waals surface area (Å²) < 4.78 is 18.4. The standard InChI is InChI=1S/C13H14FN3O2/c1-16-4-6-17(7-5-16)13(18)12-15-10-3-2-9(14)8-11(10)19-12/h2-3,8H,4-7H2,1H3. The van der Waals surface area contributed by atoms with Crippen LogP contribution in [0.5, 0.6) is 0 Å². The number of aromatic nitrogens is 1. The van der Waals surface area contributed by atoms with Crippen molar-refractivity contribution < 1.29 is 13.6 Å². The third-order valence-corrected chi connectivity index (χ3v) is 3.32. The quantitative estimate of drug-likeness (QED) is 0.779. The SMILES string of the molecule is CN1CCN(C(=O)c2nc3ccc(F)cc3o2)CC1. The third-order valence-electron chi connectivity index (χ3n) is 3.32. The smallest absolute Gasteiger partial charge is 0.309 e. The summed E-state index contributed by atoms with van der Waals surface area (Å²) in [5.74, 6) is -0.600. The maximum atomic E-state index is 13.1. The topological polar surface area (TPSA) is 49.6 Å². The molecular weight excluding hydrogens is 249 g/mol. The molecule has 100 valence electrons. The molecule has 0 atom stereocenters. The van der Waals surface area contributed by atoms with Gasteiger partial charge in [-0.1, -0.05) is 0 Å². The molecule has 2 aromatic rings. The lowest BCUT2D eigenvalue weighted by Crippen LogP contribution is -2.47. The van der Waals surface area contributed by atoms with Gasteiger partial charge in [0, 0.05) is 32.2 Å². The summed E-state index contributed by atoms with van der Waals surface area (Å²) in [5, 5.41) is 0. The van der Waals surface area contributed by atoms with Gasteiger partial charge in [-0.05, 0) is 19.2 Å². The van der Waals surface area contributed by atoms with E-state index < -0.39 is 5.82 Å². The second-order valence-electron chi connectivity index (χ2n) is 4.73. The monoisotopic (exact) mass is 263 g/mol. The lowest BCUT2D eigenvalue weighted by atomic mass is 10.3. The van der Waals surface area contributed by atoms with E-state index in [0.717, 1.165) is 13.1 Å². The fraction of sp³-hybridized carbons (Fsp3) is 0.385. The van der Waals surface area contributed by atoms with Crippen molar-refractivity contribution >= 4 is 17.0 Å². The number of fused-ring (bicyclic) bond motifs is 1. The molecule has 2 heterocycles. The van der Waals surface area contributed by atoms with E-state index in [1.54, 1.807) is 4.90 Å². The molecule has 1 saturated heterocycles. The van der Waals surface area contributed by atoms with E-state index in [2.05, 4.69) is 9.88 Å². The summed E-state index contributed by atoms with van der Waals surface area (Å²) in [6.45, 7) is 2.98. The molecule has 1 aromatic heterocycles. The summed E-state index contributed by atoms with van der Waals surface area (Å²) in [7, 11) is 2.02. The van der Waals surface area contributed by atoms with Crippen LogP contribution in [-0.4, -0.2) is 53.9 Å². The van der Waals surface area contributed by atoms with Gasteiger partial charge in [-0.25, -0.2) is 9.37 Å². The lowest BCUT2D eigenvalue weighted by molar-refractivity contribution is 0.0627. The highest BCUT2D eigenvalue weighted by molar-refractivity contribution is 5.92. The van der Waals surface area contributed by atoms with E-state index in [1.807, 2.05) is 7.05 Å². The molecule has 6 heteroatoms.